The standard InChI is InChI=1S/C14H15NO2/c1-10(15-17-11(2)16)13-8-7-12-5-3-4-6-14(12)9-13/h3-9,11,16H,1-2H3. The number of aliphatic hydroxyl groups is 1. The SMILES string of the molecule is CC(=NOC(C)O)c1ccc2ccccc2c1. The molecule has 0 radical (unpaired) electrons. The van der Waals surface area contributed by atoms with E-state index < -0.39 is 6.29 Å². The van der Waals surface area contributed by atoms with E-state index in [0.29, 0.717) is 0 Å². The lowest BCUT2D eigenvalue weighted by atomic mass is 10.0. The van der Waals surface area contributed by atoms with Crippen LogP contribution in [0.4, 0.5) is 0 Å². The zero-order valence-electron chi connectivity index (χ0n) is 9.92. The first-order valence-corrected chi connectivity index (χ1v) is 5.54. The summed E-state index contributed by atoms with van der Waals surface area (Å²) in [7, 11) is 0. The molecule has 0 saturated heterocycles. The molecule has 3 nitrogen and oxygen atoms in total. The van der Waals surface area contributed by atoms with Crippen LogP contribution in [0, 0.1) is 0 Å². The lowest BCUT2D eigenvalue weighted by molar-refractivity contribution is -0.0836. The van der Waals surface area contributed by atoms with Crippen LogP contribution in [0.5, 0.6) is 0 Å². The zero-order valence-corrected chi connectivity index (χ0v) is 9.92. The molecular weight excluding hydrogens is 214 g/mol. The molecule has 1 N–H and O–H groups in total. The summed E-state index contributed by atoms with van der Waals surface area (Å²) in [5.74, 6) is 0. The molecule has 3 heteroatoms. The molecular formula is C14H15NO2. The maximum atomic E-state index is 8.99. The summed E-state index contributed by atoms with van der Waals surface area (Å²) in [6.45, 7) is 3.38. The summed E-state index contributed by atoms with van der Waals surface area (Å²) < 4.78 is 0. The summed E-state index contributed by atoms with van der Waals surface area (Å²) in [6, 6.07) is 14.2. The molecule has 17 heavy (non-hydrogen) atoms. The highest BCUT2D eigenvalue weighted by Gasteiger charge is 2.01. The van der Waals surface area contributed by atoms with Crippen LogP contribution in [0.25, 0.3) is 10.8 Å². The molecule has 1 atom stereocenters. The quantitative estimate of drug-likeness (QED) is 0.499. The molecule has 0 aliphatic heterocycles. The molecule has 0 aliphatic carbocycles. The van der Waals surface area contributed by atoms with Gasteiger partial charge in [0.25, 0.3) is 0 Å². The Balaban J connectivity index is 2.33. The predicted molar refractivity (Wildman–Crippen MR) is 68.9 cm³/mol. The van der Waals surface area contributed by atoms with Crippen molar-refractivity contribution in [3.63, 3.8) is 0 Å². The molecule has 2 aromatic rings. The van der Waals surface area contributed by atoms with Gasteiger partial charge in [-0.15, -0.1) is 0 Å². The zero-order chi connectivity index (χ0) is 12.3. The second-order valence-electron chi connectivity index (χ2n) is 3.94. The monoisotopic (exact) mass is 229 g/mol. The third-order valence-electron chi connectivity index (χ3n) is 2.51. The molecule has 0 saturated carbocycles. The van der Waals surface area contributed by atoms with Crippen LogP contribution in [-0.2, 0) is 4.84 Å². The summed E-state index contributed by atoms with van der Waals surface area (Å²) in [5.41, 5.74) is 1.74. The Hall–Kier alpha value is -1.87. The van der Waals surface area contributed by atoms with Gasteiger partial charge in [0.2, 0.25) is 6.29 Å². The molecule has 0 spiro atoms. The number of hydrogen-bond acceptors (Lipinski definition) is 3. The van der Waals surface area contributed by atoms with E-state index in [1.165, 1.54) is 12.3 Å². The van der Waals surface area contributed by atoms with Crippen molar-refractivity contribution in [2.24, 2.45) is 5.16 Å². The Morgan fingerprint density at radius 1 is 1.18 bits per heavy atom. The minimum Gasteiger partial charge on any atom is -0.364 e. The van der Waals surface area contributed by atoms with E-state index in [-0.39, 0.29) is 0 Å². The first kappa shape index (κ1) is 11.6. The molecule has 0 aromatic heterocycles. The summed E-state index contributed by atoms with van der Waals surface area (Å²) >= 11 is 0. The number of rotatable bonds is 3. The number of nitrogens with zero attached hydrogens (tertiary/aromatic N) is 1. The van der Waals surface area contributed by atoms with Gasteiger partial charge in [0.1, 0.15) is 0 Å². The fraction of sp³-hybridized carbons (Fsp3) is 0.214. The third-order valence-corrected chi connectivity index (χ3v) is 2.51. The molecule has 0 amide bonds. The van der Waals surface area contributed by atoms with Crippen molar-refractivity contribution in [3.8, 4) is 0 Å². The van der Waals surface area contributed by atoms with Gasteiger partial charge in [-0.05, 0) is 29.3 Å². The van der Waals surface area contributed by atoms with Gasteiger partial charge in [0.05, 0.1) is 5.71 Å². The average molecular weight is 229 g/mol. The van der Waals surface area contributed by atoms with Crippen LogP contribution in [0.1, 0.15) is 19.4 Å². The predicted octanol–water partition coefficient (Wildman–Crippen LogP) is 2.92. The van der Waals surface area contributed by atoms with Crippen molar-refractivity contribution < 1.29 is 9.94 Å². The van der Waals surface area contributed by atoms with Crippen LogP contribution >= 0.6 is 0 Å². The second-order valence-corrected chi connectivity index (χ2v) is 3.94. The van der Waals surface area contributed by atoms with Crippen molar-refractivity contribution >= 4 is 16.5 Å². The number of benzene rings is 2. The molecule has 88 valence electrons. The molecule has 0 fully saturated rings. The minimum absolute atomic E-state index is 0.747. The minimum atomic E-state index is -0.884. The Morgan fingerprint density at radius 3 is 2.59 bits per heavy atom. The molecule has 0 bridgehead atoms. The number of fused-ring (bicyclic) bond motifs is 1. The Morgan fingerprint density at radius 2 is 1.88 bits per heavy atom. The van der Waals surface area contributed by atoms with Gasteiger partial charge in [-0.25, -0.2) is 0 Å². The largest absolute Gasteiger partial charge is 0.364 e. The Labute approximate surface area is 100 Å². The Kier molecular flexibility index (Phi) is 3.40. The lowest BCUT2D eigenvalue weighted by Crippen LogP contribution is -2.04. The van der Waals surface area contributed by atoms with E-state index >= 15 is 0 Å². The van der Waals surface area contributed by atoms with Crippen LogP contribution in [-0.4, -0.2) is 17.1 Å². The van der Waals surface area contributed by atoms with E-state index in [4.69, 9.17) is 9.94 Å². The maximum absolute atomic E-state index is 8.99. The Bertz CT molecular complexity index is 547. The first-order chi connectivity index (χ1) is 8.16. The van der Waals surface area contributed by atoms with Gasteiger partial charge in [-0.3, -0.25) is 0 Å². The summed E-state index contributed by atoms with van der Waals surface area (Å²) in [4.78, 5) is 4.81. The highest BCUT2D eigenvalue weighted by molar-refractivity contribution is 6.01. The van der Waals surface area contributed by atoms with Crippen molar-refractivity contribution in [2.45, 2.75) is 20.1 Å². The van der Waals surface area contributed by atoms with Crippen molar-refractivity contribution in [3.05, 3.63) is 48.0 Å². The normalized spacial score (nSPS) is 13.7. The molecule has 0 aliphatic rings. The highest BCUT2D eigenvalue weighted by atomic mass is 16.7. The molecule has 2 rings (SSSR count). The molecule has 1 unspecified atom stereocenters. The van der Waals surface area contributed by atoms with E-state index in [9.17, 15) is 0 Å². The summed E-state index contributed by atoms with van der Waals surface area (Å²) in [5, 5.41) is 15.2. The van der Waals surface area contributed by atoms with E-state index in [1.54, 1.807) is 0 Å². The fourth-order valence-electron chi connectivity index (χ4n) is 1.62. The summed E-state index contributed by atoms with van der Waals surface area (Å²) in [6.07, 6.45) is -0.884. The van der Waals surface area contributed by atoms with E-state index in [0.717, 1.165) is 16.7 Å². The van der Waals surface area contributed by atoms with Crippen molar-refractivity contribution in [1.29, 1.82) is 0 Å². The van der Waals surface area contributed by atoms with Crippen LogP contribution in [0.15, 0.2) is 47.6 Å². The lowest BCUT2D eigenvalue weighted by Gasteiger charge is -2.05. The fourth-order valence-corrected chi connectivity index (χ4v) is 1.62. The van der Waals surface area contributed by atoms with Gasteiger partial charge in [-0.1, -0.05) is 41.6 Å². The second kappa shape index (κ2) is 4.97. The number of oxime groups is 1. The molecule has 0 heterocycles. The van der Waals surface area contributed by atoms with Crippen molar-refractivity contribution in [1.82, 2.24) is 0 Å². The number of hydrogen-bond donors (Lipinski definition) is 1. The smallest absolute Gasteiger partial charge is 0.221 e. The maximum Gasteiger partial charge on any atom is 0.221 e. The van der Waals surface area contributed by atoms with E-state index in [2.05, 4.69) is 23.4 Å². The van der Waals surface area contributed by atoms with Gasteiger partial charge >= 0.3 is 0 Å². The van der Waals surface area contributed by atoms with E-state index in [1.807, 2.05) is 31.2 Å². The third kappa shape index (κ3) is 2.82. The van der Waals surface area contributed by atoms with Crippen molar-refractivity contribution in [2.75, 3.05) is 0 Å². The van der Waals surface area contributed by atoms with Crippen LogP contribution < -0.4 is 0 Å². The topological polar surface area (TPSA) is 41.8 Å². The van der Waals surface area contributed by atoms with Gasteiger partial charge in [-0.2, -0.15) is 0 Å². The molecule has 2 aromatic carbocycles. The van der Waals surface area contributed by atoms with Gasteiger partial charge in [0, 0.05) is 6.92 Å². The van der Waals surface area contributed by atoms with Gasteiger partial charge < -0.3 is 9.94 Å². The highest BCUT2D eigenvalue weighted by Crippen LogP contribution is 2.16. The first-order valence-electron chi connectivity index (χ1n) is 5.54. The number of aliphatic hydroxyl groups excluding tert-OH is 1. The average Bonchev–Trinajstić information content (AvgIpc) is 2.35. The van der Waals surface area contributed by atoms with Crippen LogP contribution in [0.3, 0.4) is 0 Å². The van der Waals surface area contributed by atoms with Crippen LogP contribution in [0.2, 0.25) is 0 Å². The van der Waals surface area contributed by atoms with Gasteiger partial charge in [0.15, 0.2) is 0 Å².